The van der Waals surface area contributed by atoms with E-state index in [1.54, 1.807) is 18.3 Å². The second kappa shape index (κ2) is 4.65. The minimum Gasteiger partial charge on any atom is -0.397 e. The molecule has 88 valence electrons. The zero-order chi connectivity index (χ0) is 12.3. The molecule has 0 aromatic carbocycles. The fourth-order valence-electron chi connectivity index (χ4n) is 1.36. The number of H-pyrrole nitrogens is 1. The number of pyridine rings is 1. The molecular formula is C11H13N5O. The van der Waals surface area contributed by atoms with Crippen molar-refractivity contribution < 1.29 is 4.79 Å². The Kier molecular flexibility index (Phi) is 3.04. The van der Waals surface area contributed by atoms with Crippen LogP contribution in [0.5, 0.6) is 0 Å². The van der Waals surface area contributed by atoms with Crippen molar-refractivity contribution in [2.75, 3.05) is 11.1 Å². The number of hydrogen-bond acceptors (Lipinski definition) is 4. The van der Waals surface area contributed by atoms with E-state index in [4.69, 9.17) is 5.73 Å². The molecule has 4 N–H and O–H groups in total. The predicted octanol–water partition coefficient (Wildman–Crippen LogP) is 0.877. The van der Waals surface area contributed by atoms with Gasteiger partial charge in [0.1, 0.15) is 5.82 Å². The molecule has 17 heavy (non-hydrogen) atoms. The Balaban J connectivity index is 1.98. The van der Waals surface area contributed by atoms with Crippen LogP contribution < -0.4 is 11.1 Å². The Morgan fingerprint density at radius 2 is 2.29 bits per heavy atom. The molecule has 0 saturated heterocycles. The average Bonchev–Trinajstić information content (AvgIpc) is 2.68. The lowest BCUT2D eigenvalue weighted by Crippen LogP contribution is -2.16. The van der Waals surface area contributed by atoms with E-state index in [0.29, 0.717) is 17.2 Å². The lowest BCUT2D eigenvalue weighted by atomic mass is 10.2. The molecule has 0 bridgehead atoms. The van der Waals surface area contributed by atoms with E-state index in [-0.39, 0.29) is 12.3 Å². The second-order valence-electron chi connectivity index (χ2n) is 3.74. The number of aryl methyl sites for hydroxylation is 1. The molecular weight excluding hydrogens is 218 g/mol. The van der Waals surface area contributed by atoms with Crippen LogP contribution in [0.3, 0.4) is 0 Å². The molecule has 0 spiro atoms. The third kappa shape index (κ3) is 2.81. The van der Waals surface area contributed by atoms with Gasteiger partial charge in [-0.25, -0.2) is 0 Å². The first-order valence-corrected chi connectivity index (χ1v) is 5.15. The van der Waals surface area contributed by atoms with Gasteiger partial charge < -0.3 is 11.1 Å². The Hall–Kier alpha value is -2.37. The highest BCUT2D eigenvalue weighted by atomic mass is 16.1. The van der Waals surface area contributed by atoms with E-state index < -0.39 is 0 Å². The molecule has 2 aromatic heterocycles. The number of nitrogen functional groups attached to an aromatic ring is 1. The Morgan fingerprint density at radius 1 is 1.47 bits per heavy atom. The molecule has 0 saturated carbocycles. The largest absolute Gasteiger partial charge is 0.397 e. The van der Waals surface area contributed by atoms with E-state index in [1.165, 1.54) is 6.20 Å². The zero-order valence-electron chi connectivity index (χ0n) is 9.40. The van der Waals surface area contributed by atoms with Crippen molar-refractivity contribution in [3.8, 4) is 0 Å². The van der Waals surface area contributed by atoms with E-state index in [0.717, 1.165) is 5.56 Å². The van der Waals surface area contributed by atoms with Crippen LogP contribution in [0.2, 0.25) is 0 Å². The van der Waals surface area contributed by atoms with Crippen LogP contribution >= 0.6 is 0 Å². The van der Waals surface area contributed by atoms with Gasteiger partial charge in [0.2, 0.25) is 5.91 Å². The number of rotatable bonds is 3. The van der Waals surface area contributed by atoms with Gasteiger partial charge in [0.25, 0.3) is 0 Å². The number of aromatic amines is 1. The number of hydrogen-bond donors (Lipinski definition) is 3. The molecule has 0 aliphatic rings. The smallest absolute Gasteiger partial charge is 0.231 e. The van der Waals surface area contributed by atoms with Crippen molar-refractivity contribution in [1.29, 1.82) is 0 Å². The quantitative estimate of drug-likeness (QED) is 0.730. The van der Waals surface area contributed by atoms with Crippen LogP contribution in [-0.4, -0.2) is 21.1 Å². The van der Waals surface area contributed by atoms with Crippen molar-refractivity contribution in [3.63, 3.8) is 0 Å². The maximum Gasteiger partial charge on any atom is 0.231 e. The molecule has 6 heteroatoms. The summed E-state index contributed by atoms with van der Waals surface area (Å²) >= 11 is 0. The van der Waals surface area contributed by atoms with Crippen LogP contribution in [0.1, 0.15) is 11.3 Å². The van der Waals surface area contributed by atoms with Gasteiger partial charge in [-0.05, 0) is 19.1 Å². The lowest BCUT2D eigenvalue weighted by Gasteiger charge is -2.03. The fraction of sp³-hybridized carbons (Fsp3) is 0.182. The molecule has 0 unspecified atom stereocenters. The zero-order valence-corrected chi connectivity index (χ0v) is 9.40. The van der Waals surface area contributed by atoms with Crippen LogP contribution in [-0.2, 0) is 11.2 Å². The van der Waals surface area contributed by atoms with Crippen LogP contribution in [0, 0.1) is 6.92 Å². The third-order valence-corrected chi connectivity index (χ3v) is 2.28. The first-order valence-electron chi connectivity index (χ1n) is 5.15. The van der Waals surface area contributed by atoms with E-state index in [9.17, 15) is 4.79 Å². The van der Waals surface area contributed by atoms with E-state index in [2.05, 4.69) is 20.5 Å². The standard InChI is InChI=1S/C11H13N5O/c1-7-5-14-16-11(7)15-10(17)4-9-3-2-8(12)6-13-9/h2-3,5-6H,4,12H2,1H3,(H2,14,15,16,17). The van der Waals surface area contributed by atoms with Gasteiger partial charge in [-0.1, -0.05) is 0 Å². The van der Waals surface area contributed by atoms with Crippen LogP contribution in [0.4, 0.5) is 11.5 Å². The maximum absolute atomic E-state index is 11.7. The van der Waals surface area contributed by atoms with Crippen LogP contribution in [0.25, 0.3) is 0 Å². The third-order valence-electron chi connectivity index (χ3n) is 2.28. The summed E-state index contributed by atoms with van der Waals surface area (Å²) in [4.78, 5) is 15.7. The van der Waals surface area contributed by atoms with Crippen molar-refractivity contribution in [3.05, 3.63) is 35.8 Å². The topological polar surface area (TPSA) is 96.7 Å². The number of aromatic nitrogens is 3. The van der Waals surface area contributed by atoms with Crippen molar-refractivity contribution in [1.82, 2.24) is 15.2 Å². The summed E-state index contributed by atoms with van der Waals surface area (Å²) in [5.41, 5.74) is 7.66. The fourth-order valence-corrected chi connectivity index (χ4v) is 1.36. The Morgan fingerprint density at radius 3 is 2.88 bits per heavy atom. The summed E-state index contributed by atoms with van der Waals surface area (Å²) in [7, 11) is 0. The van der Waals surface area contributed by atoms with Crippen molar-refractivity contribution >= 4 is 17.4 Å². The number of nitrogens with zero attached hydrogens (tertiary/aromatic N) is 2. The summed E-state index contributed by atoms with van der Waals surface area (Å²) < 4.78 is 0. The monoisotopic (exact) mass is 231 g/mol. The molecule has 2 heterocycles. The second-order valence-corrected chi connectivity index (χ2v) is 3.74. The van der Waals surface area contributed by atoms with Gasteiger partial charge in [-0.2, -0.15) is 5.10 Å². The van der Waals surface area contributed by atoms with Gasteiger partial charge in [-0.3, -0.25) is 14.9 Å². The summed E-state index contributed by atoms with van der Waals surface area (Å²) in [6, 6.07) is 3.45. The van der Waals surface area contributed by atoms with Crippen LogP contribution in [0.15, 0.2) is 24.5 Å². The number of amides is 1. The van der Waals surface area contributed by atoms with E-state index in [1.807, 2.05) is 6.92 Å². The minimum atomic E-state index is -0.144. The minimum absolute atomic E-state index is 0.144. The maximum atomic E-state index is 11.7. The molecule has 2 rings (SSSR count). The highest BCUT2D eigenvalue weighted by Crippen LogP contribution is 2.09. The number of anilines is 2. The van der Waals surface area contributed by atoms with Crippen molar-refractivity contribution in [2.45, 2.75) is 13.3 Å². The number of nitrogens with one attached hydrogen (secondary N) is 2. The SMILES string of the molecule is Cc1cn[nH]c1NC(=O)Cc1ccc(N)cn1. The molecule has 0 radical (unpaired) electrons. The molecule has 0 aliphatic carbocycles. The van der Waals surface area contributed by atoms with Gasteiger partial charge >= 0.3 is 0 Å². The summed E-state index contributed by atoms with van der Waals surface area (Å²) in [5, 5.41) is 9.26. The number of carbonyl (C=O) groups excluding carboxylic acids is 1. The summed E-state index contributed by atoms with van der Waals surface area (Å²) in [6.07, 6.45) is 3.39. The lowest BCUT2D eigenvalue weighted by molar-refractivity contribution is -0.115. The number of nitrogens with two attached hydrogens (primary N) is 1. The van der Waals surface area contributed by atoms with Crippen molar-refractivity contribution in [2.24, 2.45) is 0 Å². The van der Waals surface area contributed by atoms with Gasteiger partial charge in [0.15, 0.2) is 0 Å². The first kappa shape index (κ1) is 11.1. The number of carbonyl (C=O) groups is 1. The first-order chi connectivity index (χ1) is 8.15. The van der Waals surface area contributed by atoms with Gasteiger partial charge in [0.05, 0.1) is 24.5 Å². The molecule has 6 nitrogen and oxygen atoms in total. The Labute approximate surface area is 98.3 Å². The predicted molar refractivity (Wildman–Crippen MR) is 64.3 cm³/mol. The highest BCUT2D eigenvalue weighted by molar-refractivity contribution is 5.91. The summed E-state index contributed by atoms with van der Waals surface area (Å²) in [5.74, 6) is 0.472. The van der Waals surface area contributed by atoms with Gasteiger partial charge in [0, 0.05) is 11.3 Å². The molecule has 0 aliphatic heterocycles. The molecule has 1 amide bonds. The van der Waals surface area contributed by atoms with Gasteiger partial charge in [-0.15, -0.1) is 0 Å². The molecule has 2 aromatic rings. The normalized spacial score (nSPS) is 10.2. The average molecular weight is 231 g/mol. The Bertz CT molecular complexity index is 517. The highest BCUT2D eigenvalue weighted by Gasteiger charge is 2.07. The molecule has 0 atom stereocenters. The molecule has 0 fully saturated rings. The van der Waals surface area contributed by atoms with E-state index >= 15 is 0 Å². The summed E-state index contributed by atoms with van der Waals surface area (Å²) in [6.45, 7) is 1.86.